The first-order valence-corrected chi connectivity index (χ1v) is 21.6. The second kappa shape index (κ2) is 42.3. The van der Waals surface area contributed by atoms with Crippen LogP contribution in [0.15, 0.2) is 85.1 Å². The lowest BCUT2D eigenvalue weighted by atomic mass is 10.1. The molecule has 1 atom stereocenters. The molecule has 6 nitrogen and oxygen atoms in total. The summed E-state index contributed by atoms with van der Waals surface area (Å²) in [7, 11) is 0. The molecule has 0 aliphatic carbocycles. The molecule has 0 saturated heterocycles. The number of carbonyl (C=O) groups excluding carboxylic acids is 3. The van der Waals surface area contributed by atoms with Crippen LogP contribution in [0.25, 0.3) is 0 Å². The molecule has 0 fully saturated rings. The highest BCUT2D eigenvalue weighted by Crippen LogP contribution is 2.11. The van der Waals surface area contributed by atoms with Crippen molar-refractivity contribution in [1.29, 1.82) is 0 Å². The second-order valence-corrected chi connectivity index (χ2v) is 13.9. The van der Waals surface area contributed by atoms with Crippen molar-refractivity contribution in [2.75, 3.05) is 13.2 Å². The first kappa shape index (κ1) is 50.6. The molecule has 0 aliphatic heterocycles. The summed E-state index contributed by atoms with van der Waals surface area (Å²) in [5.74, 6) is -1.12. The number of unbranched alkanes of at least 4 members (excludes halogenated alkanes) is 14. The van der Waals surface area contributed by atoms with Gasteiger partial charge in [0.1, 0.15) is 13.2 Å². The Labute approximate surface area is 331 Å². The van der Waals surface area contributed by atoms with Crippen LogP contribution in [-0.2, 0) is 28.6 Å². The van der Waals surface area contributed by atoms with E-state index < -0.39 is 12.1 Å². The van der Waals surface area contributed by atoms with Crippen molar-refractivity contribution in [3.05, 3.63) is 85.1 Å². The summed E-state index contributed by atoms with van der Waals surface area (Å²) >= 11 is 0. The van der Waals surface area contributed by atoms with Crippen molar-refractivity contribution in [2.24, 2.45) is 0 Å². The molecule has 1 unspecified atom stereocenters. The fourth-order valence-electron chi connectivity index (χ4n) is 5.47. The second-order valence-electron chi connectivity index (χ2n) is 13.9. The van der Waals surface area contributed by atoms with E-state index in [9.17, 15) is 14.4 Å². The molecule has 0 rings (SSSR count). The molecule has 0 spiro atoms. The highest BCUT2D eigenvalue weighted by molar-refractivity contribution is 5.72. The lowest BCUT2D eigenvalue weighted by molar-refractivity contribution is -0.166. The molecule has 0 aliphatic rings. The summed E-state index contributed by atoms with van der Waals surface area (Å²) in [4.78, 5) is 37.4. The maximum Gasteiger partial charge on any atom is 0.310 e. The monoisotopic (exact) mass is 751 g/mol. The van der Waals surface area contributed by atoms with Gasteiger partial charge in [0.05, 0.1) is 6.42 Å². The molecule has 0 aromatic carbocycles. The molecule has 0 amide bonds. The quantitative estimate of drug-likeness (QED) is 0.0207. The van der Waals surface area contributed by atoms with Crippen LogP contribution in [0.4, 0.5) is 0 Å². The van der Waals surface area contributed by atoms with E-state index in [1.807, 2.05) is 6.08 Å². The van der Waals surface area contributed by atoms with Crippen molar-refractivity contribution < 1.29 is 28.6 Å². The summed E-state index contributed by atoms with van der Waals surface area (Å²) in [5, 5.41) is 0. The van der Waals surface area contributed by atoms with E-state index >= 15 is 0 Å². The maximum absolute atomic E-state index is 12.6. The summed E-state index contributed by atoms with van der Waals surface area (Å²) in [5.41, 5.74) is 0. The third-order valence-electron chi connectivity index (χ3n) is 8.68. The van der Waals surface area contributed by atoms with Crippen LogP contribution in [0.2, 0.25) is 0 Å². The summed E-state index contributed by atoms with van der Waals surface area (Å²) in [6, 6.07) is 0. The molecular formula is C48H78O6. The van der Waals surface area contributed by atoms with Gasteiger partial charge in [-0.25, -0.2) is 0 Å². The van der Waals surface area contributed by atoms with Crippen LogP contribution in [0.1, 0.15) is 181 Å². The summed E-state index contributed by atoms with van der Waals surface area (Å²) in [6.45, 7) is 6.22. The number of esters is 3. The van der Waals surface area contributed by atoms with Gasteiger partial charge in [0.15, 0.2) is 6.10 Å². The Morgan fingerprint density at radius 3 is 1.37 bits per heavy atom. The molecule has 54 heavy (non-hydrogen) atoms. The normalized spacial score (nSPS) is 12.9. The largest absolute Gasteiger partial charge is 0.462 e. The van der Waals surface area contributed by atoms with E-state index in [1.54, 1.807) is 6.08 Å². The van der Waals surface area contributed by atoms with Crippen molar-refractivity contribution in [1.82, 2.24) is 0 Å². The van der Waals surface area contributed by atoms with Crippen molar-refractivity contribution >= 4 is 17.9 Å². The van der Waals surface area contributed by atoms with Crippen molar-refractivity contribution in [2.45, 2.75) is 187 Å². The van der Waals surface area contributed by atoms with E-state index in [0.717, 1.165) is 89.9 Å². The van der Waals surface area contributed by atoms with Gasteiger partial charge < -0.3 is 14.2 Å². The Morgan fingerprint density at radius 1 is 0.426 bits per heavy atom. The van der Waals surface area contributed by atoms with E-state index in [-0.39, 0.29) is 31.6 Å². The van der Waals surface area contributed by atoms with Gasteiger partial charge in [-0.05, 0) is 83.5 Å². The van der Waals surface area contributed by atoms with Crippen LogP contribution < -0.4 is 0 Å². The molecule has 0 radical (unpaired) electrons. The zero-order valence-electron chi connectivity index (χ0n) is 34.7. The first-order chi connectivity index (χ1) is 26.5. The molecule has 0 aromatic rings. The van der Waals surface area contributed by atoms with Gasteiger partial charge in [0, 0.05) is 12.8 Å². The molecule has 6 heteroatoms. The van der Waals surface area contributed by atoms with E-state index in [0.29, 0.717) is 12.8 Å². The van der Waals surface area contributed by atoms with Crippen molar-refractivity contribution in [3.8, 4) is 0 Å². The molecule has 0 N–H and O–H groups in total. The Morgan fingerprint density at radius 2 is 0.833 bits per heavy atom. The number of hydrogen-bond donors (Lipinski definition) is 0. The number of carbonyl (C=O) groups is 3. The molecule has 0 bridgehead atoms. The van der Waals surface area contributed by atoms with Crippen LogP contribution >= 0.6 is 0 Å². The number of ether oxygens (including phenoxy) is 3. The average Bonchev–Trinajstić information content (AvgIpc) is 3.17. The average molecular weight is 751 g/mol. The fraction of sp³-hybridized carbons (Fsp3) is 0.646. The van der Waals surface area contributed by atoms with Gasteiger partial charge in [-0.2, -0.15) is 0 Å². The number of rotatable bonds is 37. The minimum Gasteiger partial charge on any atom is -0.462 e. The number of allylic oxidation sites excluding steroid dienone is 13. The molecule has 306 valence electrons. The van der Waals surface area contributed by atoms with E-state index in [2.05, 4.69) is 93.7 Å². The lowest BCUT2D eigenvalue weighted by Crippen LogP contribution is -2.30. The Kier molecular flexibility index (Phi) is 39.7. The predicted molar refractivity (Wildman–Crippen MR) is 228 cm³/mol. The Hall–Kier alpha value is -3.41. The van der Waals surface area contributed by atoms with Gasteiger partial charge in [-0.1, -0.05) is 164 Å². The third kappa shape index (κ3) is 39.8. The fourth-order valence-corrected chi connectivity index (χ4v) is 5.47. The van der Waals surface area contributed by atoms with Gasteiger partial charge in [-0.3, -0.25) is 14.4 Å². The number of hydrogen-bond acceptors (Lipinski definition) is 6. The molecule has 0 aromatic heterocycles. The highest BCUT2D eigenvalue weighted by Gasteiger charge is 2.19. The smallest absolute Gasteiger partial charge is 0.310 e. The SMILES string of the molecule is CC/C=C\C/C=C\C/C=C\CC(=O)OC(COC(=O)CCCC/C=C\C/C=C\CC)COC(=O)CCCCCCC/C=C\C=C/CCCCCCCCC. The van der Waals surface area contributed by atoms with Crippen molar-refractivity contribution in [3.63, 3.8) is 0 Å². The van der Waals surface area contributed by atoms with Crippen LogP contribution in [-0.4, -0.2) is 37.2 Å². The lowest BCUT2D eigenvalue weighted by Gasteiger charge is -2.18. The van der Waals surface area contributed by atoms with E-state index in [1.165, 1.54) is 51.4 Å². The third-order valence-corrected chi connectivity index (χ3v) is 8.68. The summed E-state index contributed by atoms with van der Waals surface area (Å²) < 4.78 is 16.5. The minimum absolute atomic E-state index is 0.0928. The molecule has 0 heterocycles. The molecular weight excluding hydrogens is 673 g/mol. The summed E-state index contributed by atoms with van der Waals surface area (Å²) in [6.07, 6.45) is 53.3. The standard InChI is InChI=1S/C48H78O6/c1-4-7-10-13-16-19-20-21-22-23-24-25-26-27-30-32-35-38-41-47(50)53-44-45(54-48(51)42-39-36-33-29-18-15-12-9-6-3)43-52-46(49)40-37-34-31-28-17-14-11-8-5-2/h8-9,11-12,17-18,22-25,28-29,36,39,45H,4-7,10,13-16,19-21,26-27,30-35,37-38,40-44H2,1-3H3/b11-8-,12-9-,23-22-,25-24-,28-17-,29-18-,39-36-. The van der Waals surface area contributed by atoms with Crippen LogP contribution in [0, 0.1) is 0 Å². The zero-order chi connectivity index (χ0) is 39.4. The highest BCUT2D eigenvalue weighted by atomic mass is 16.6. The zero-order valence-corrected chi connectivity index (χ0v) is 34.7. The van der Waals surface area contributed by atoms with Gasteiger partial charge in [0.25, 0.3) is 0 Å². The van der Waals surface area contributed by atoms with Gasteiger partial charge in [-0.15, -0.1) is 0 Å². The Bertz CT molecular complexity index is 1090. The van der Waals surface area contributed by atoms with Crippen LogP contribution in [0.3, 0.4) is 0 Å². The van der Waals surface area contributed by atoms with Gasteiger partial charge >= 0.3 is 17.9 Å². The first-order valence-electron chi connectivity index (χ1n) is 21.6. The molecule has 0 saturated carbocycles. The topological polar surface area (TPSA) is 78.9 Å². The predicted octanol–water partition coefficient (Wildman–Crippen LogP) is 13.7. The van der Waals surface area contributed by atoms with Crippen LogP contribution in [0.5, 0.6) is 0 Å². The minimum atomic E-state index is -0.841. The maximum atomic E-state index is 12.6. The van der Waals surface area contributed by atoms with E-state index in [4.69, 9.17) is 14.2 Å². The van der Waals surface area contributed by atoms with Gasteiger partial charge in [0.2, 0.25) is 0 Å². The Balaban J connectivity index is 4.42.